The number of carbonyl (C=O) groups is 2. The zero-order chi connectivity index (χ0) is 22.1. The summed E-state index contributed by atoms with van der Waals surface area (Å²) in [6, 6.07) is 3.63. The van der Waals surface area contributed by atoms with Crippen LogP contribution in [0.3, 0.4) is 0 Å². The maximum Gasteiger partial charge on any atom is 0.513 e. The molecule has 0 saturated carbocycles. The van der Waals surface area contributed by atoms with Gasteiger partial charge in [0.1, 0.15) is 5.54 Å². The second kappa shape index (κ2) is 8.93. The molecule has 1 aromatic rings. The van der Waals surface area contributed by atoms with Crippen LogP contribution in [-0.4, -0.2) is 61.6 Å². The lowest BCUT2D eigenvalue weighted by Gasteiger charge is -2.42. The molecule has 2 aliphatic rings. The molecule has 3 rings (SSSR count). The molecule has 0 aromatic heterocycles. The molecule has 2 aliphatic heterocycles. The van der Waals surface area contributed by atoms with Crippen molar-refractivity contribution in [2.24, 2.45) is 0 Å². The molecule has 2 heterocycles. The molecule has 0 atom stereocenters. The van der Waals surface area contributed by atoms with Gasteiger partial charge in [-0.15, -0.1) is 0 Å². The van der Waals surface area contributed by atoms with Crippen molar-refractivity contribution >= 4 is 29.2 Å². The van der Waals surface area contributed by atoms with Crippen LogP contribution in [0.2, 0.25) is 5.02 Å². The molecule has 1 spiro atoms. The molecule has 0 bridgehead atoms. The average molecular weight is 439 g/mol. The van der Waals surface area contributed by atoms with Crippen molar-refractivity contribution in [3.63, 3.8) is 0 Å². The summed E-state index contributed by atoms with van der Waals surface area (Å²) in [5.41, 5.74) is 1.70. The zero-order valence-corrected chi connectivity index (χ0v) is 18.7. The highest BCUT2D eigenvalue weighted by molar-refractivity contribution is 6.35. The summed E-state index contributed by atoms with van der Waals surface area (Å²) >= 11 is 6.53. The summed E-state index contributed by atoms with van der Waals surface area (Å²) in [6.07, 6.45) is 0.0201. The van der Waals surface area contributed by atoms with Gasteiger partial charge in [-0.1, -0.05) is 11.6 Å². The number of hydrogen-bond donors (Lipinski definition) is 0. The smallest absolute Gasteiger partial charge is 0.434 e. The van der Waals surface area contributed by atoms with E-state index in [2.05, 4.69) is 0 Å². The van der Waals surface area contributed by atoms with Crippen molar-refractivity contribution in [2.45, 2.75) is 39.2 Å². The van der Waals surface area contributed by atoms with Crippen LogP contribution < -0.4 is 0 Å². The first kappa shape index (κ1) is 22.6. The number of piperidine rings is 1. The highest BCUT2D eigenvalue weighted by atomic mass is 35.5. The van der Waals surface area contributed by atoms with E-state index in [0.29, 0.717) is 36.5 Å². The number of nitrogens with zero attached hydrogens (tertiary/aromatic N) is 2. The van der Waals surface area contributed by atoms with Gasteiger partial charge in [0.05, 0.1) is 26.4 Å². The molecule has 8 nitrogen and oxygen atoms in total. The topological polar surface area (TPSA) is 77.5 Å². The third-order valence-corrected chi connectivity index (χ3v) is 6.04. The largest absolute Gasteiger partial charge is 0.513 e. The Morgan fingerprint density at radius 3 is 2.33 bits per heavy atom. The van der Waals surface area contributed by atoms with Crippen LogP contribution >= 0.6 is 11.6 Å². The summed E-state index contributed by atoms with van der Waals surface area (Å²) in [7, 11) is 3.02. The maximum absolute atomic E-state index is 13.5. The first-order valence-electron chi connectivity index (χ1n) is 9.83. The second-order valence-corrected chi connectivity index (χ2v) is 7.74. The number of rotatable bonds is 5. The number of hydrogen-bond acceptors (Lipinski definition) is 7. The first-order chi connectivity index (χ1) is 14.3. The van der Waals surface area contributed by atoms with E-state index in [9.17, 15) is 9.59 Å². The van der Waals surface area contributed by atoms with Crippen LogP contribution in [0.15, 0.2) is 17.9 Å². The molecule has 1 aromatic carbocycles. The van der Waals surface area contributed by atoms with Crippen molar-refractivity contribution in [1.82, 2.24) is 10.1 Å². The van der Waals surface area contributed by atoms with Crippen LogP contribution in [-0.2, 0) is 23.9 Å². The summed E-state index contributed by atoms with van der Waals surface area (Å²) in [5.74, 6) is -0.207. The standard InChI is InChI=1S/C21H27ClN2O6/c1-6-29-20(26)30-18-17(15-11-13(2)14(3)12-16(15)22)19(25)24(28-5)21(18)7-9-23(27-4)10-8-21/h11-12H,6-10H2,1-5H3. The fourth-order valence-electron chi connectivity index (χ4n) is 4.03. The van der Waals surface area contributed by atoms with E-state index in [4.69, 9.17) is 30.7 Å². The number of aryl methyl sites for hydroxylation is 2. The molecular weight excluding hydrogens is 412 g/mol. The number of carbonyl (C=O) groups excluding carboxylic acids is 2. The fourth-order valence-corrected chi connectivity index (χ4v) is 4.34. The van der Waals surface area contributed by atoms with Gasteiger partial charge >= 0.3 is 6.16 Å². The number of hydroxylamine groups is 4. The summed E-state index contributed by atoms with van der Waals surface area (Å²) in [6.45, 7) is 6.75. The molecule has 9 heteroatoms. The Morgan fingerprint density at radius 1 is 1.13 bits per heavy atom. The molecule has 1 fully saturated rings. The first-order valence-corrected chi connectivity index (χ1v) is 10.2. The predicted molar refractivity (Wildman–Crippen MR) is 110 cm³/mol. The van der Waals surface area contributed by atoms with Crippen molar-refractivity contribution in [3.05, 3.63) is 39.6 Å². The molecule has 0 unspecified atom stereocenters. The van der Waals surface area contributed by atoms with Gasteiger partial charge in [-0.2, -0.15) is 5.06 Å². The minimum absolute atomic E-state index is 0.151. The zero-order valence-electron chi connectivity index (χ0n) is 17.9. The van der Waals surface area contributed by atoms with Crippen LogP contribution in [0.1, 0.15) is 36.5 Å². The van der Waals surface area contributed by atoms with Crippen molar-refractivity contribution in [3.8, 4) is 0 Å². The number of benzene rings is 1. The van der Waals surface area contributed by atoms with E-state index in [1.54, 1.807) is 25.2 Å². The van der Waals surface area contributed by atoms with E-state index in [0.717, 1.165) is 11.1 Å². The highest BCUT2D eigenvalue weighted by Gasteiger charge is 2.57. The van der Waals surface area contributed by atoms with E-state index in [1.165, 1.54) is 12.2 Å². The van der Waals surface area contributed by atoms with Gasteiger partial charge in [-0.05, 0) is 56.9 Å². The maximum atomic E-state index is 13.5. The Balaban J connectivity index is 2.19. The van der Waals surface area contributed by atoms with Gasteiger partial charge in [0.25, 0.3) is 5.91 Å². The summed E-state index contributed by atoms with van der Waals surface area (Å²) < 4.78 is 10.7. The lowest BCUT2D eigenvalue weighted by atomic mass is 9.85. The quantitative estimate of drug-likeness (QED) is 0.649. The third-order valence-electron chi connectivity index (χ3n) is 5.73. The molecule has 0 aliphatic carbocycles. The van der Waals surface area contributed by atoms with Gasteiger partial charge in [0, 0.05) is 23.7 Å². The van der Waals surface area contributed by atoms with Gasteiger partial charge in [-0.25, -0.2) is 9.86 Å². The van der Waals surface area contributed by atoms with Gasteiger partial charge in [-0.3, -0.25) is 9.63 Å². The van der Waals surface area contributed by atoms with E-state index >= 15 is 0 Å². The second-order valence-electron chi connectivity index (χ2n) is 7.33. The van der Waals surface area contributed by atoms with Gasteiger partial charge in [0.2, 0.25) is 0 Å². The van der Waals surface area contributed by atoms with Crippen LogP contribution in [0.5, 0.6) is 0 Å². The third kappa shape index (κ3) is 3.80. The highest BCUT2D eigenvalue weighted by Crippen LogP contribution is 2.48. The Labute approximate surface area is 181 Å². The lowest BCUT2D eigenvalue weighted by molar-refractivity contribution is -0.221. The normalized spacial score (nSPS) is 19.0. The minimum atomic E-state index is -0.967. The van der Waals surface area contributed by atoms with Crippen LogP contribution in [0, 0.1) is 13.8 Å². The Morgan fingerprint density at radius 2 is 1.77 bits per heavy atom. The van der Waals surface area contributed by atoms with Crippen LogP contribution in [0.4, 0.5) is 4.79 Å². The lowest BCUT2D eigenvalue weighted by Crippen LogP contribution is -2.55. The van der Waals surface area contributed by atoms with E-state index < -0.39 is 17.6 Å². The Bertz CT molecular complexity index is 876. The Hall–Kier alpha value is -2.13. The van der Waals surface area contributed by atoms with Crippen molar-refractivity contribution < 1.29 is 28.7 Å². The number of ether oxygens (including phenoxy) is 2. The summed E-state index contributed by atoms with van der Waals surface area (Å²) in [4.78, 5) is 36.6. The van der Waals surface area contributed by atoms with E-state index in [-0.39, 0.29) is 17.9 Å². The molecule has 0 radical (unpaired) electrons. The molecule has 0 N–H and O–H groups in total. The van der Waals surface area contributed by atoms with Crippen LogP contribution in [0.25, 0.3) is 5.57 Å². The van der Waals surface area contributed by atoms with Crippen molar-refractivity contribution in [2.75, 3.05) is 33.9 Å². The fraction of sp³-hybridized carbons (Fsp3) is 0.524. The minimum Gasteiger partial charge on any atom is -0.434 e. The van der Waals surface area contributed by atoms with Gasteiger partial charge in [0.15, 0.2) is 5.76 Å². The van der Waals surface area contributed by atoms with Crippen molar-refractivity contribution in [1.29, 1.82) is 0 Å². The predicted octanol–water partition coefficient (Wildman–Crippen LogP) is 3.64. The number of halogens is 1. The average Bonchev–Trinajstić information content (AvgIpc) is 2.92. The molecule has 1 amide bonds. The molecule has 1 saturated heterocycles. The Kier molecular flexibility index (Phi) is 6.71. The van der Waals surface area contributed by atoms with E-state index in [1.807, 2.05) is 19.9 Å². The number of amides is 1. The SMILES string of the molecule is CCOC(=O)OC1=C(c2cc(C)c(C)cc2Cl)C(=O)N(OC)C12CCN(OC)CC2. The monoisotopic (exact) mass is 438 g/mol. The molecule has 30 heavy (non-hydrogen) atoms. The molecule has 164 valence electrons. The summed E-state index contributed by atoms with van der Waals surface area (Å²) in [5, 5.41) is 3.47. The van der Waals surface area contributed by atoms with Gasteiger partial charge < -0.3 is 14.3 Å². The molecular formula is C21H27ClN2O6.